The predicted octanol–water partition coefficient (Wildman–Crippen LogP) is 2.57. The topological polar surface area (TPSA) is 43.8 Å². The van der Waals surface area contributed by atoms with Crippen LogP contribution in [0.4, 0.5) is 0 Å². The van der Waals surface area contributed by atoms with E-state index in [1.165, 1.54) is 0 Å². The number of allylic oxidation sites excluding steroid dienone is 1. The van der Waals surface area contributed by atoms with Crippen LogP contribution in [0.2, 0.25) is 0 Å². The number of rotatable bonds is 6. The Morgan fingerprint density at radius 3 is 3.00 bits per heavy atom. The molecule has 3 heteroatoms. The molecule has 0 saturated carbocycles. The number of nitrogens with two attached hydrogens (primary N) is 1. The van der Waals surface area contributed by atoms with Crippen molar-refractivity contribution in [1.29, 1.82) is 0 Å². The van der Waals surface area contributed by atoms with Gasteiger partial charge in [0, 0.05) is 12.6 Å². The quantitative estimate of drug-likeness (QED) is 0.575. The molecule has 3 nitrogen and oxygen atoms in total. The third-order valence-corrected chi connectivity index (χ3v) is 2.54. The van der Waals surface area contributed by atoms with Crippen molar-refractivity contribution in [2.75, 3.05) is 0 Å². The summed E-state index contributed by atoms with van der Waals surface area (Å²) in [5.41, 5.74) is 8.33. The molecule has 1 atom stereocenters. The third kappa shape index (κ3) is 3.20. The van der Waals surface area contributed by atoms with Gasteiger partial charge in [0.1, 0.15) is 0 Å². The van der Waals surface area contributed by atoms with Crippen LogP contribution >= 0.6 is 0 Å². The van der Waals surface area contributed by atoms with Gasteiger partial charge in [-0.2, -0.15) is 5.10 Å². The summed E-state index contributed by atoms with van der Waals surface area (Å²) < 4.78 is 1.99. The molecule has 84 valence electrons. The Morgan fingerprint density at radius 2 is 2.40 bits per heavy atom. The maximum atomic E-state index is 6.13. The lowest BCUT2D eigenvalue weighted by Gasteiger charge is -2.12. The van der Waals surface area contributed by atoms with Gasteiger partial charge in [-0.05, 0) is 39.2 Å². The molecule has 0 radical (unpaired) electrons. The highest BCUT2D eigenvalue weighted by atomic mass is 15.3. The molecule has 0 bridgehead atoms. The van der Waals surface area contributed by atoms with Crippen molar-refractivity contribution >= 4 is 0 Å². The second kappa shape index (κ2) is 5.71. The van der Waals surface area contributed by atoms with E-state index in [9.17, 15) is 0 Å². The molecule has 0 spiro atoms. The van der Waals surface area contributed by atoms with Gasteiger partial charge >= 0.3 is 0 Å². The van der Waals surface area contributed by atoms with Crippen LogP contribution in [0.3, 0.4) is 0 Å². The predicted molar refractivity (Wildman–Crippen MR) is 63.6 cm³/mol. The lowest BCUT2D eigenvalue weighted by Crippen LogP contribution is -2.15. The first kappa shape index (κ1) is 12.0. The minimum Gasteiger partial charge on any atom is -0.323 e. The summed E-state index contributed by atoms with van der Waals surface area (Å²) in [6, 6.07) is 2.19. The zero-order chi connectivity index (χ0) is 11.3. The monoisotopic (exact) mass is 207 g/mol. The molecule has 1 heterocycles. The maximum absolute atomic E-state index is 6.13. The first-order valence-corrected chi connectivity index (χ1v) is 5.59. The molecule has 0 aliphatic carbocycles. The van der Waals surface area contributed by atoms with Crippen LogP contribution in [0.1, 0.15) is 43.6 Å². The van der Waals surface area contributed by atoms with Gasteiger partial charge in [-0.15, -0.1) is 6.58 Å². The van der Waals surface area contributed by atoms with Crippen molar-refractivity contribution < 1.29 is 0 Å². The van der Waals surface area contributed by atoms with Crippen molar-refractivity contribution in [1.82, 2.24) is 9.78 Å². The van der Waals surface area contributed by atoms with E-state index in [1.54, 1.807) is 0 Å². The van der Waals surface area contributed by atoms with Crippen molar-refractivity contribution in [3.63, 3.8) is 0 Å². The molecule has 0 aromatic carbocycles. The molecule has 2 N–H and O–H groups in total. The third-order valence-electron chi connectivity index (χ3n) is 2.54. The van der Waals surface area contributed by atoms with Crippen LogP contribution in [-0.4, -0.2) is 9.78 Å². The SMILES string of the molecule is C=CCCCC(N)c1cc(C)nn1CC. The second-order valence-corrected chi connectivity index (χ2v) is 3.85. The van der Waals surface area contributed by atoms with E-state index < -0.39 is 0 Å². The van der Waals surface area contributed by atoms with Crippen LogP contribution < -0.4 is 5.73 Å². The highest BCUT2D eigenvalue weighted by Gasteiger charge is 2.11. The summed E-state index contributed by atoms with van der Waals surface area (Å²) >= 11 is 0. The fourth-order valence-electron chi connectivity index (χ4n) is 1.75. The number of aromatic nitrogens is 2. The van der Waals surface area contributed by atoms with Gasteiger partial charge in [0.15, 0.2) is 0 Å². The van der Waals surface area contributed by atoms with Crippen LogP contribution in [0.5, 0.6) is 0 Å². The van der Waals surface area contributed by atoms with Gasteiger partial charge < -0.3 is 5.73 Å². The van der Waals surface area contributed by atoms with Gasteiger partial charge in [0.05, 0.1) is 11.4 Å². The average molecular weight is 207 g/mol. The molecule has 0 amide bonds. The lowest BCUT2D eigenvalue weighted by molar-refractivity contribution is 0.534. The smallest absolute Gasteiger partial charge is 0.0597 e. The maximum Gasteiger partial charge on any atom is 0.0597 e. The standard InChI is InChI=1S/C12H21N3/c1-4-6-7-8-11(13)12-9-10(3)14-15(12)5-2/h4,9,11H,1,5-8,13H2,2-3H3. The fraction of sp³-hybridized carbons (Fsp3) is 0.583. The van der Waals surface area contributed by atoms with Gasteiger partial charge in [0.25, 0.3) is 0 Å². The van der Waals surface area contributed by atoms with Gasteiger partial charge in [-0.3, -0.25) is 4.68 Å². The Hall–Kier alpha value is -1.09. The molecular weight excluding hydrogens is 186 g/mol. The normalized spacial score (nSPS) is 12.7. The zero-order valence-electron chi connectivity index (χ0n) is 9.74. The number of aryl methyl sites for hydroxylation is 2. The molecule has 1 unspecified atom stereocenters. The Labute approximate surface area is 92.0 Å². The van der Waals surface area contributed by atoms with Gasteiger partial charge in [0.2, 0.25) is 0 Å². The molecule has 1 aromatic heterocycles. The summed E-state index contributed by atoms with van der Waals surface area (Å²) in [6.45, 7) is 8.69. The molecule has 0 fully saturated rings. The molecule has 0 saturated heterocycles. The highest BCUT2D eigenvalue weighted by Crippen LogP contribution is 2.17. The van der Waals surface area contributed by atoms with Crippen LogP contribution in [-0.2, 0) is 6.54 Å². The average Bonchev–Trinajstić information content (AvgIpc) is 2.60. The van der Waals surface area contributed by atoms with Crippen molar-refractivity contribution in [2.45, 2.75) is 45.7 Å². The van der Waals surface area contributed by atoms with Crippen LogP contribution in [0, 0.1) is 6.92 Å². The first-order chi connectivity index (χ1) is 7.19. The Morgan fingerprint density at radius 1 is 1.67 bits per heavy atom. The fourth-order valence-corrected chi connectivity index (χ4v) is 1.75. The number of unbranched alkanes of at least 4 members (excludes halogenated alkanes) is 1. The number of nitrogens with zero attached hydrogens (tertiary/aromatic N) is 2. The van der Waals surface area contributed by atoms with Crippen molar-refractivity contribution in [3.05, 3.63) is 30.1 Å². The summed E-state index contributed by atoms with van der Waals surface area (Å²) in [5, 5.41) is 4.39. The molecule has 0 aliphatic rings. The van der Waals surface area contributed by atoms with E-state index in [4.69, 9.17) is 5.73 Å². The molecule has 15 heavy (non-hydrogen) atoms. The first-order valence-electron chi connectivity index (χ1n) is 5.59. The van der Waals surface area contributed by atoms with Gasteiger partial charge in [-0.1, -0.05) is 6.08 Å². The van der Waals surface area contributed by atoms with Crippen molar-refractivity contribution in [2.24, 2.45) is 5.73 Å². The summed E-state index contributed by atoms with van der Waals surface area (Å²) in [5.74, 6) is 0. The number of hydrogen-bond donors (Lipinski definition) is 1. The van der Waals surface area contributed by atoms with E-state index in [0.717, 1.165) is 37.2 Å². The minimum absolute atomic E-state index is 0.103. The summed E-state index contributed by atoms with van der Waals surface area (Å²) in [4.78, 5) is 0. The minimum atomic E-state index is 0.103. The summed E-state index contributed by atoms with van der Waals surface area (Å²) in [6.07, 6.45) is 5.07. The van der Waals surface area contributed by atoms with E-state index in [0.29, 0.717) is 0 Å². The summed E-state index contributed by atoms with van der Waals surface area (Å²) in [7, 11) is 0. The van der Waals surface area contributed by atoms with Crippen LogP contribution in [0.25, 0.3) is 0 Å². The number of hydrogen-bond acceptors (Lipinski definition) is 2. The lowest BCUT2D eigenvalue weighted by atomic mass is 10.1. The van der Waals surface area contributed by atoms with Gasteiger partial charge in [-0.25, -0.2) is 0 Å². The molecule has 1 aromatic rings. The van der Waals surface area contributed by atoms with E-state index in [2.05, 4.69) is 24.7 Å². The Balaban J connectivity index is 2.63. The highest BCUT2D eigenvalue weighted by molar-refractivity contribution is 5.12. The largest absolute Gasteiger partial charge is 0.323 e. The molecule has 0 aliphatic heterocycles. The van der Waals surface area contributed by atoms with E-state index in [-0.39, 0.29) is 6.04 Å². The van der Waals surface area contributed by atoms with Crippen molar-refractivity contribution in [3.8, 4) is 0 Å². The molecule has 1 rings (SSSR count). The second-order valence-electron chi connectivity index (χ2n) is 3.85. The molecular formula is C12H21N3. The Kier molecular flexibility index (Phi) is 4.56. The zero-order valence-corrected chi connectivity index (χ0v) is 9.74. The van der Waals surface area contributed by atoms with E-state index in [1.807, 2.05) is 17.7 Å². The van der Waals surface area contributed by atoms with Crippen LogP contribution in [0.15, 0.2) is 18.7 Å². The Bertz CT molecular complexity index is 315. The van der Waals surface area contributed by atoms with E-state index >= 15 is 0 Å².